The van der Waals surface area contributed by atoms with Crippen molar-refractivity contribution in [2.24, 2.45) is 11.3 Å². The Labute approximate surface area is 155 Å². The highest BCUT2D eigenvalue weighted by Crippen LogP contribution is 2.25. The highest BCUT2D eigenvalue weighted by atomic mass is 16.2. The van der Waals surface area contributed by atoms with Gasteiger partial charge in [0, 0.05) is 57.1 Å². The number of nitrogens with zero attached hydrogens (tertiary/aromatic N) is 5. The Morgan fingerprint density at radius 2 is 1.77 bits per heavy atom. The molecule has 0 N–H and O–H groups in total. The van der Waals surface area contributed by atoms with Crippen LogP contribution in [-0.2, 0) is 9.59 Å². The van der Waals surface area contributed by atoms with Gasteiger partial charge in [-0.05, 0) is 12.8 Å². The van der Waals surface area contributed by atoms with Crippen LogP contribution in [0.4, 0.5) is 5.82 Å². The summed E-state index contributed by atoms with van der Waals surface area (Å²) in [5.74, 6) is 1.12. The van der Waals surface area contributed by atoms with Crippen molar-refractivity contribution in [2.45, 2.75) is 33.6 Å². The molecule has 0 aliphatic carbocycles. The van der Waals surface area contributed by atoms with Crippen LogP contribution in [-0.4, -0.2) is 70.9 Å². The van der Waals surface area contributed by atoms with Gasteiger partial charge in [0.15, 0.2) is 0 Å². The standard InChI is InChI=1S/C19H29N5O2/c1-19(2,3)18(26)24-8-4-5-15(14-24)17(25)23-11-9-22(10-12-23)16-13-20-6-7-21-16/h6-7,13,15H,4-5,8-12,14H2,1-3H3. The van der Waals surface area contributed by atoms with Crippen LogP contribution in [0.25, 0.3) is 0 Å². The van der Waals surface area contributed by atoms with Gasteiger partial charge in [-0.2, -0.15) is 0 Å². The van der Waals surface area contributed by atoms with Crippen molar-refractivity contribution in [3.05, 3.63) is 18.6 Å². The normalized spacial score (nSPS) is 21.7. The number of amides is 2. The Morgan fingerprint density at radius 1 is 1.04 bits per heavy atom. The van der Waals surface area contributed by atoms with Gasteiger partial charge in [0.1, 0.15) is 5.82 Å². The third kappa shape index (κ3) is 4.14. The summed E-state index contributed by atoms with van der Waals surface area (Å²) in [4.78, 5) is 39.9. The number of aromatic nitrogens is 2. The van der Waals surface area contributed by atoms with Crippen LogP contribution >= 0.6 is 0 Å². The smallest absolute Gasteiger partial charge is 0.227 e. The lowest BCUT2D eigenvalue weighted by molar-refractivity contribution is -0.145. The van der Waals surface area contributed by atoms with E-state index in [-0.39, 0.29) is 17.7 Å². The summed E-state index contributed by atoms with van der Waals surface area (Å²) < 4.78 is 0. The quantitative estimate of drug-likeness (QED) is 0.799. The Kier molecular flexibility index (Phi) is 5.44. The Hall–Kier alpha value is -2.18. The zero-order valence-corrected chi connectivity index (χ0v) is 16.0. The van der Waals surface area contributed by atoms with Gasteiger partial charge in [-0.15, -0.1) is 0 Å². The van der Waals surface area contributed by atoms with E-state index >= 15 is 0 Å². The van der Waals surface area contributed by atoms with Crippen LogP contribution in [0.3, 0.4) is 0 Å². The number of carbonyl (C=O) groups is 2. The Bertz CT molecular complexity index is 635. The number of likely N-dealkylation sites (tertiary alicyclic amines) is 1. The SMILES string of the molecule is CC(C)(C)C(=O)N1CCCC(C(=O)N2CCN(c3cnccn3)CC2)C1. The van der Waals surface area contributed by atoms with Crippen LogP contribution in [0.2, 0.25) is 0 Å². The lowest BCUT2D eigenvalue weighted by Crippen LogP contribution is -2.54. The molecule has 0 saturated carbocycles. The summed E-state index contributed by atoms with van der Waals surface area (Å²) >= 11 is 0. The highest BCUT2D eigenvalue weighted by molar-refractivity contribution is 5.84. The van der Waals surface area contributed by atoms with E-state index < -0.39 is 5.41 Å². The molecular formula is C19H29N5O2. The van der Waals surface area contributed by atoms with Crippen LogP contribution < -0.4 is 4.90 Å². The number of rotatable bonds is 2. The minimum Gasteiger partial charge on any atom is -0.352 e. The molecular weight excluding hydrogens is 330 g/mol. The van der Waals surface area contributed by atoms with E-state index in [4.69, 9.17) is 0 Å². The Balaban J connectivity index is 1.56. The second-order valence-corrected chi connectivity index (χ2v) is 8.22. The summed E-state index contributed by atoms with van der Waals surface area (Å²) in [7, 11) is 0. The van der Waals surface area contributed by atoms with Gasteiger partial charge >= 0.3 is 0 Å². The van der Waals surface area contributed by atoms with Crippen molar-refractivity contribution in [1.29, 1.82) is 0 Å². The van der Waals surface area contributed by atoms with Crippen molar-refractivity contribution in [2.75, 3.05) is 44.2 Å². The highest BCUT2D eigenvalue weighted by Gasteiger charge is 2.35. The number of carbonyl (C=O) groups excluding carboxylic acids is 2. The average molecular weight is 359 g/mol. The second-order valence-electron chi connectivity index (χ2n) is 8.22. The van der Waals surface area contributed by atoms with Crippen LogP contribution in [0.5, 0.6) is 0 Å². The van der Waals surface area contributed by atoms with Crippen molar-refractivity contribution in [3.8, 4) is 0 Å². The number of hydrogen-bond donors (Lipinski definition) is 0. The molecule has 7 heteroatoms. The van der Waals surface area contributed by atoms with Gasteiger partial charge < -0.3 is 14.7 Å². The van der Waals surface area contributed by atoms with E-state index in [9.17, 15) is 9.59 Å². The summed E-state index contributed by atoms with van der Waals surface area (Å²) in [6.45, 7) is 10.0. The Morgan fingerprint density at radius 3 is 2.38 bits per heavy atom. The van der Waals surface area contributed by atoms with E-state index in [0.717, 1.165) is 38.3 Å². The molecule has 2 saturated heterocycles. The fourth-order valence-electron chi connectivity index (χ4n) is 3.71. The molecule has 3 heterocycles. The van der Waals surface area contributed by atoms with Gasteiger partial charge in [-0.3, -0.25) is 14.6 Å². The lowest BCUT2D eigenvalue weighted by Gasteiger charge is -2.40. The third-order valence-electron chi connectivity index (χ3n) is 5.16. The molecule has 2 fully saturated rings. The van der Waals surface area contributed by atoms with Gasteiger partial charge in [0.25, 0.3) is 0 Å². The first kappa shape index (κ1) is 18.6. The average Bonchev–Trinajstić information content (AvgIpc) is 2.67. The maximum Gasteiger partial charge on any atom is 0.227 e. The zero-order chi connectivity index (χ0) is 18.7. The number of hydrogen-bond acceptors (Lipinski definition) is 5. The van der Waals surface area contributed by atoms with Gasteiger partial charge in [-0.1, -0.05) is 20.8 Å². The summed E-state index contributed by atoms with van der Waals surface area (Å²) in [6.07, 6.45) is 6.89. The number of anilines is 1. The first-order valence-electron chi connectivity index (χ1n) is 9.45. The summed E-state index contributed by atoms with van der Waals surface area (Å²) in [5.41, 5.74) is -0.396. The molecule has 3 rings (SSSR count). The molecule has 0 spiro atoms. The molecule has 26 heavy (non-hydrogen) atoms. The molecule has 0 radical (unpaired) electrons. The summed E-state index contributed by atoms with van der Waals surface area (Å²) in [5, 5.41) is 0. The fourth-order valence-corrected chi connectivity index (χ4v) is 3.71. The summed E-state index contributed by atoms with van der Waals surface area (Å²) in [6, 6.07) is 0. The third-order valence-corrected chi connectivity index (χ3v) is 5.16. The van der Waals surface area contributed by atoms with Gasteiger partial charge in [-0.25, -0.2) is 4.98 Å². The van der Waals surface area contributed by atoms with Crippen LogP contribution in [0, 0.1) is 11.3 Å². The second kappa shape index (κ2) is 7.60. The number of piperazine rings is 1. The minimum absolute atomic E-state index is 0.0712. The number of piperidine rings is 1. The topological polar surface area (TPSA) is 69.6 Å². The molecule has 2 amide bonds. The zero-order valence-electron chi connectivity index (χ0n) is 16.0. The van der Waals surface area contributed by atoms with E-state index in [1.165, 1.54) is 0 Å². The van der Waals surface area contributed by atoms with E-state index in [2.05, 4.69) is 14.9 Å². The molecule has 1 aromatic heterocycles. The molecule has 1 unspecified atom stereocenters. The lowest BCUT2D eigenvalue weighted by atomic mass is 9.90. The molecule has 2 aliphatic heterocycles. The largest absolute Gasteiger partial charge is 0.352 e. The maximum absolute atomic E-state index is 13.0. The van der Waals surface area contributed by atoms with E-state index in [0.29, 0.717) is 19.6 Å². The van der Waals surface area contributed by atoms with Crippen LogP contribution in [0.1, 0.15) is 33.6 Å². The van der Waals surface area contributed by atoms with Gasteiger partial charge in [0.05, 0.1) is 12.1 Å². The fraction of sp³-hybridized carbons (Fsp3) is 0.684. The molecule has 142 valence electrons. The van der Waals surface area contributed by atoms with E-state index in [1.807, 2.05) is 30.6 Å². The molecule has 1 aromatic rings. The predicted molar refractivity (Wildman–Crippen MR) is 99.6 cm³/mol. The van der Waals surface area contributed by atoms with Crippen molar-refractivity contribution >= 4 is 17.6 Å². The monoisotopic (exact) mass is 359 g/mol. The molecule has 1 atom stereocenters. The molecule has 0 bridgehead atoms. The van der Waals surface area contributed by atoms with Crippen molar-refractivity contribution in [3.63, 3.8) is 0 Å². The van der Waals surface area contributed by atoms with Crippen molar-refractivity contribution in [1.82, 2.24) is 19.8 Å². The maximum atomic E-state index is 13.0. The first-order chi connectivity index (χ1) is 12.4. The van der Waals surface area contributed by atoms with E-state index in [1.54, 1.807) is 18.6 Å². The van der Waals surface area contributed by atoms with Crippen molar-refractivity contribution < 1.29 is 9.59 Å². The molecule has 2 aliphatic rings. The first-order valence-corrected chi connectivity index (χ1v) is 9.45. The van der Waals surface area contributed by atoms with Gasteiger partial charge in [0.2, 0.25) is 11.8 Å². The minimum atomic E-state index is -0.396. The molecule has 7 nitrogen and oxygen atoms in total. The molecule has 0 aromatic carbocycles. The predicted octanol–water partition coefficient (Wildman–Crippen LogP) is 1.41. The van der Waals surface area contributed by atoms with Crippen LogP contribution in [0.15, 0.2) is 18.6 Å².